The molecule has 0 unspecified atom stereocenters. The molecule has 4 N–H and O–H groups in total. The predicted molar refractivity (Wildman–Crippen MR) is 93.4 cm³/mol. The van der Waals surface area contributed by atoms with E-state index in [1.807, 2.05) is 0 Å². The van der Waals surface area contributed by atoms with E-state index in [2.05, 4.69) is 10.6 Å². The molecule has 0 fully saturated rings. The van der Waals surface area contributed by atoms with Crippen molar-refractivity contribution in [1.29, 1.82) is 0 Å². The zero-order valence-electron chi connectivity index (χ0n) is 13.1. The number of carbonyl (C=O) groups is 3. The number of rotatable bonds is 5. The van der Waals surface area contributed by atoms with Crippen molar-refractivity contribution in [3.05, 3.63) is 65.7 Å². The summed E-state index contributed by atoms with van der Waals surface area (Å²) < 4.78 is 0. The Morgan fingerprint density at radius 1 is 0.875 bits per heavy atom. The quantitative estimate of drug-likeness (QED) is 0.736. The number of nitrogens with one attached hydrogen (secondary N) is 2. The smallest absolute Gasteiger partial charge is 0.248 e. The summed E-state index contributed by atoms with van der Waals surface area (Å²) in [5, 5.41) is 5.35. The number of hydrogen-bond acceptors (Lipinski definition) is 3. The first kappa shape index (κ1) is 17.0. The van der Waals surface area contributed by atoms with Crippen LogP contribution in [0.15, 0.2) is 54.6 Å². The Bertz CT molecular complexity index is 778. The van der Waals surface area contributed by atoms with Gasteiger partial charge in [0, 0.05) is 29.9 Å². The number of anilines is 2. The van der Waals surface area contributed by atoms with Crippen LogP contribution in [0.25, 0.3) is 6.08 Å². The minimum atomic E-state index is -0.518. The first-order valence-corrected chi connectivity index (χ1v) is 7.20. The molecular weight excluding hydrogens is 306 g/mol. The van der Waals surface area contributed by atoms with Crippen LogP contribution in [0.4, 0.5) is 11.4 Å². The molecule has 0 saturated carbocycles. The van der Waals surface area contributed by atoms with E-state index in [0.717, 1.165) is 5.56 Å². The summed E-state index contributed by atoms with van der Waals surface area (Å²) in [5.74, 6) is -0.955. The van der Waals surface area contributed by atoms with Crippen molar-refractivity contribution in [2.24, 2.45) is 5.73 Å². The third kappa shape index (κ3) is 5.10. The van der Waals surface area contributed by atoms with Gasteiger partial charge in [-0.2, -0.15) is 0 Å². The molecule has 0 saturated heterocycles. The lowest BCUT2D eigenvalue weighted by Gasteiger charge is -2.03. The zero-order valence-corrected chi connectivity index (χ0v) is 13.1. The molecule has 122 valence electrons. The summed E-state index contributed by atoms with van der Waals surface area (Å²) in [6.07, 6.45) is 3.06. The SMILES string of the molecule is CC(=O)Nc1ccc(/C=C/C(=O)Nc2ccc(C(N)=O)cc2)cc1. The van der Waals surface area contributed by atoms with Crippen LogP contribution in [0.5, 0.6) is 0 Å². The van der Waals surface area contributed by atoms with Crippen molar-refractivity contribution < 1.29 is 14.4 Å². The Morgan fingerprint density at radius 3 is 1.96 bits per heavy atom. The van der Waals surface area contributed by atoms with Crippen LogP contribution in [-0.2, 0) is 9.59 Å². The molecule has 0 heterocycles. The molecule has 0 atom stereocenters. The van der Waals surface area contributed by atoms with Crippen LogP contribution in [0.3, 0.4) is 0 Å². The van der Waals surface area contributed by atoms with Gasteiger partial charge in [-0.05, 0) is 48.0 Å². The predicted octanol–water partition coefficient (Wildman–Crippen LogP) is 2.40. The molecule has 0 aliphatic carbocycles. The maximum Gasteiger partial charge on any atom is 0.248 e. The van der Waals surface area contributed by atoms with Crippen molar-refractivity contribution in [3.63, 3.8) is 0 Å². The van der Waals surface area contributed by atoms with E-state index in [0.29, 0.717) is 16.9 Å². The highest BCUT2D eigenvalue weighted by atomic mass is 16.2. The maximum atomic E-state index is 11.9. The van der Waals surface area contributed by atoms with Crippen LogP contribution in [0, 0.1) is 0 Å². The topological polar surface area (TPSA) is 101 Å². The minimum Gasteiger partial charge on any atom is -0.366 e. The highest BCUT2D eigenvalue weighted by Crippen LogP contribution is 2.12. The fourth-order valence-electron chi connectivity index (χ4n) is 1.95. The molecule has 0 spiro atoms. The van der Waals surface area contributed by atoms with E-state index >= 15 is 0 Å². The van der Waals surface area contributed by atoms with Gasteiger partial charge < -0.3 is 16.4 Å². The highest BCUT2D eigenvalue weighted by molar-refractivity contribution is 6.02. The molecule has 24 heavy (non-hydrogen) atoms. The summed E-state index contributed by atoms with van der Waals surface area (Å²) in [4.78, 5) is 33.8. The van der Waals surface area contributed by atoms with E-state index in [1.165, 1.54) is 13.0 Å². The summed E-state index contributed by atoms with van der Waals surface area (Å²) in [6.45, 7) is 1.44. The third-order valence-electron chi connectivity index (χ3n) is 3.10. The van der Waals surface area contributed by atoms with Gasteiger partial charge in [0.25, 0.3) is 0 Å². The van der Waals surface area contributed by atoms with E-state index in [-0.39, 0.29) is 11.8 Å². The molecule has 6 nitrogen and oxygen atoms in total. The highest BCUT2D eigenvalue weighted by Gasteiger charge is 2.01. The molecule has 2 rings (SSSR count). The van der Waals surface area contributed by atoms with Gasteiger partial charge in [0.05, 0.1) is 0 Å². The van der Waals surface area contributed by atoms with Crippen molar-refractivity contribution >= 4 is 35.2 Å². The van der Waals surface area contributed by atoms with Crippen molar-refractivity contribution in [1.82, 2.24) is 0 Å². The molecule has 0 radical (unpaired) electrons. The monoisotopic (exact) mass is 323 g/mol. The second kappa shape index (κ2) is 7.73. The molecule has 0 aliphatic rings. The third-order valence-corrected chi connectivity index (χ3v) is 3.10. The molecule has 3 amide bonds. The average Bonchev–Trinajstić information content (AvgIpc) is 2.54. The van der Waals surface area contributed by atoms with Gasteiger partial charge in [0.2, 0.25) is 17.7 Å². The van der Waals surface area contributed by atoms with Gasteiger partial charge in [-0.1, -0.05) is 12.1 Å². The van der Waals surface area contributed by atoms with Gasteiger partial charge in [-0.3, -0.25) is 14.4 Å². The van der Waals surface area contributed by atoms with E-state index < -0.39 is 5.91 Å². The largest absolute Gasteiger partial charge is 0.366 e. The van der Waals surface area contributed by atoms with Crippen LogP contribution >= 0.6 is 0 Å². The Kier molecular flexibility index (Phi) is 5.46. The lowest BCUT2D eigenvalue weighted by Crippen LogP contribution is -2.11. The number of amides is 3. The zero-order chi connectivity index (χ0) is 17.5. The number of benzene rings is 2. The molecular formula is C18H17N3O3. The van der Waals surface area contributed by atoms with E-state index in [4.69, 9.17) is 5.73 Å². The average molecular weight is 323 g/mol. The molecule has 0 aromatic heterocycles. The first-order chi connectivity index (χ1) is 11.4. The number of carbonyl (C=O) groups excluding carboxylic acids is 3. The Morgan fingerprint density at radius 2 is 1.42 bits per heavy atom. The van der Waals surface area contributed by atoms with Crippen LogP contribution < -0.4 is 16.4 Å². The fraction of sp³-hybridized carbons (Fsp3) is 0.0556. The van der Waals surface area contributed by atoms with Gasteiger partial charge in [0.15, 0.2) is 0 Å². The summed E-state index contributed by atoms with van der Waals surface area (Å²) in [6, 6.07) is 13.4. The van der Waals surface area contributed by atoms with Gasteiger partial charge in [-0.25, -0.2) is 0 Å². The standard InChI is InChI=1S/C18H17N3O3/c1-12(22)20-15-7-2-13(3-8-15)4-11-17(23)21-16-9-5-14(6-10-16)18(19)24/h2-11H,1H3,(H2,19,24)(H,20,22)(H,21,23)/b11-4+. The second-order valence-corrected chi connectivity index (χ2v) is 5.07. The minimum absolute atomic E-state index is 0.139. The van der Waals surface area contributed by atoms with Gasteiger partial charge >= 0.3 is 0 Å². The van der Waals surface area contributed by atoms with Crippen LogP contribution in [0.2, 0.25) is 0 Å². The van der Waals surface area contributed by atoms with Gasteiger partial charge in [0.1, 0.15) is 0 Å². The summed E-state index contributed by atoms with van der Waals surface area (Å²) in [7, 11) is 0. The molecule has 0 bridgehead atoms. The van der Waals surface area contributed by atoms with Crippen molar-refractivity contribution in [2.75, 3.05) is 10.6 Å². The lowest BCUT2D eigenvalue weighted by molar-refractivity contribution is -0.114. The second-order valence-electron chi connectivity index (χ2n) is 5.07. The van der Waals surface area contributed by atoms with Gasteiger partial charge in [-0.15, -0.1) is 0 Å². The van der Waals surface area contributed by atoms with Crippen molar-refractivity contribution in [2.45, 2.75) is 6.92 Å². The van der Waals surface area contributed by atoms with Crippen molar-refractivity contribution in [3.8, 4) is 0 Å². The molecule has 0 aliphatic heterocycles. The Hall–Kier alpha value is -3.41. The number of primary amides is 1. The summed E-state index contributed by atoms with van der Waals surface area (Å²) >= 11 is 0. The Labute approximate surface area is 139 Å². The molecule has 2 aromatic carbocycles. The molecule has 6 heteroatoms. The Balaban J connectivity index is 1.94. The normalized spacial score (nSPS) is 10.4. The molecule has 2 aromatic rings. The van der Waals surface area contributed by atoms with E-state index in [9.17, 15) is 14.4 Å². The number of nitrogens with two attached hydrogens (primary N) is 1. The summed E-state index contributed by atoms with van der Waals surface area (Å²) in [5.41, 5.74) is 7.61. The fourth-order valence-corrected chi connectivity index (χ4v) is 1.95. The van der Waals surface area contributed by atoms with E-state index in [1.54, 1.807) is 54.6 Å². The number of hydrogen-bond donors (Lipinski definition) is 3. The van der Waals surface area contributed by atoms with Crippen LogP contribution in [0.1, 0.15) is 22.8 Å². The maximum absolute atomic E-state index is 11.9. The van der Waals surface area contributed by atoms with Crippen LogP contribution in [-0.4, -0.2) is 17.7 Å². The first-order valence-electron chi connectivity index (χ1n) is 7.20. The lowest BCUT2D eigenvalue weighted by atomic mass is 10.2.